The van der Waals surface area contributed by atoms with E-state index < -0.39 is 0 Å². The molecular formula is C13H21N3O2. The summed E-state index contributed by atoms with van der Waals surface area (Å²) in [5.74, 6) is 0.689. The summed E-state index contributed by atoms with van der Waals surface area (Å²) >= 11 is 0. The molecule has 0 aliphatic heterocycles. The second-order valence-electron chi connectivity index (χ2n) is 3.92. The van der Waals surface area contributed by atoms with Crippen molar-refractivity contribution in [2.24, 2.45) is 0 Å². The van der Waals surface area contributed by atoms with Gasteiger partial charge in [-0.1, -0.05) is 0 Å². The average molecular weight is 251 g/mol. The van der Waals surface area contributed by atoms with Crippen LogP contribution in [0.1, 0.15) is 30.6 Å². The van der Waals surface area contributed by atoms with E-state index in [1.807, 2.05) is 13.8 Å². The monoisotopic (exact) mass is 251 g/mol. The number of nitrogens with one attached hydrogen (secondary N) is 1. The Morgan fingerprint density at radius 1 is 1.50 bits per heavy atom. The van der Waals surface area contributed by atoms with Crippen LogP contribution in [-0.4, -0.2) is 47.1 Å². The van der Waals surface area contributed by atoms with Gasteiger partial charge < -0.3 is 15.3 Å². The Kier molecular flexibility index (Phi) is 6.14. The Bertz CT molecular complexity index is 382. The average Bonchev–Trinajstić information content (AvgIpc) is 2.40. The van der Waals surface area contributed by atoms with Gasteiger partial charge in [0.2, 0.25) is 0 Å². The number of amides is 1. The fourth-order valence-electron chi connectivity index (χ4n) is 1.69. The number of rotatable bonds is 7. The predicted octanol–water partition coefficient (Wildman–Crippen LogP) is 1.36. The summed E-state index contributed by atoms with van der Waals surface area (Å²) in [6, 6.07) is 3.47. The molecule has 1 amide bonds. The molecule has 0 unspecified atom stereocenters. The zero-order valence-electron chi connectivity index (χ0n) is 11.0. The van der Waals surface area contributed by atoms with Crippen LogP contribution in [0.3, 0.4) is 0 Å². The summed E-state index contributed by atoms with van der Waals surface area (Å²) in [7, 11) is 0. The van der Waals surface area contributed by atoms with E-state index in [2.05, 4.69) is 10.3 Å². The van der Waals surface area contributed by atoms with Gasteiger partial charge in [-0.15, -0.1) is 0 Å². The Morgan fingerprint density at radius 2 is 2.28 bits per heavy atom. The highest BCUT2D eigenvalue weighted by molar-refractivity contribution is 5.94. The molecule has 0 bridgehead atoms. The number of hydrogen-bond acceptors (Lipinski definition) is 4. The van der Waals surface area contributed by atoms with Crippen LogP contribution in [-0.2, 0) is 0 Å². The fraction of sp³-hybridized carbons (Fsp3) is 0.538. The zero-order valence-corrected chi connectivity index (χ0v) is 11.0. The first-order valence-electron chi connectivity index (χ1n) is 6.33. The molecule has 0 spiro atoms. The van der Waals surface area contributed by atoms with Gasteiger partial charge in [0.25, 0.3) is 5.91 Å². The van der Waals surface area contributed by atoms with Crippen LogP contribution in [0, 0.1) is 0 Å². The third kappa shape index (κ3) is 4.00. The zero-order chi connectivity index (χ0) is 13.4. The van der Waals surface area contributed by atoms with E-state index >= 15 is 0 Å². The van der Waals surface area contributed by atoms with E-state index in [-0.39, 0.29) is 12.5 Å². The first kappa shape index (κ1) is 14.4. The number of anilines is 1. The van der Waals surface area contributed by atoms with E-state index in [9.17, 15) is 4.79 Å². The van der Waals surface area contributed by atoms with Crippen molar-refractivity contribution in [3.8, 4) is 0 Å². The first-order chi connectivity index (χ1) is 8.72. The molecular weight excluding hydrogens is 230 g/mol. The lowest BCUT2D eigenvalue weighted by Gasteiger charge is -2.20. The van der Waals surface area contributed by atoms with Gasteiger partial charge in [0.15, 0.2) is 0 Å². The molecule has 18 heavy (non-hydrogen) atoms. The van der Waals surface area contributed by atoms with Crippen molar-refractivity contribution in [1.29, 1.82) is 0 Å². The maximum atomic E-state index is 12.2. The van der Waals surface area contributed by atoms with Gasteiger partial charge in [-0.25, -0.2) is 4.98 Å². The van der Waals surface area contributed by atoms with Crippen LogP contribution < -0.4 is 5.32 Å². The molecule has 0 aliphatic carbocycles. The second kappa shape index (κ2) is 7.66. The second-order valence-corrected chi connectivity index (χ2v) is 3.92. The largest absolute Gasteiger partial charge is 0.396 e. The molecule has 0 aliphatic rings. The van der Waals surface area contributed by atoms with Gasteiger partial charge in [0, 0.05) is 38.0 Å². The Balaban J connectivity index is 2.77. The van der Waals surface area contributed by atoms with Crippen LogP contribution >= 0.6 is 0 Å². The minimum atomic E-state index is -0.0208. The van der Waals surface area contributed by atoms with Crippen molar-refractivity contribution in [2.75, 3.05) is 31.6 Å². The normalized spacial score (nSPS) is 10.2. The van der Waals surface area contributed by atoms with E-state index in [4.69, 9.17) is 5.11 Å². The number of aromatic nitrogens is 1. The maximum Gasteiger partial charge on any atom is 0.254 e. The molecule has 0 radical (unpaired) electrons. The maximum absolute atomic E-state index is 12.2. The van der Waals surface area contributed by atoms with Gasteiger partial charge in [0.1, 0.15) is 5.82 Å². The van der Waals surface area contributed by atoms with Gasteiger partial charge in [-0.3, -0.25) is 4.79 Å². The lowest BCUT2D eigenvalue weighted by atomic mass is 10.2. The van der Waals surface area contributed by atoms with E-state index in [0.29, 0.717) is 30.9 Å². The number of aliphatic hydroxyl groups excluding tert-OH is 1. The summed E-state index contributed by atoms with van der Waals surface area (Å²) in [6.45, 7) is 6.00. The number of hydrogen-bond donors (Lipinski definition) is 2. The topological polar surface area (TPSA) is 65.5 Å². The number of nitrogens with zero attached hydrogens (tertiary/aromatic N) is 2. The van der Waals surface area contributed by atoms with Crippen molar-refractivity contribution in [2.45, 2.75) is 20.3 Å². The van der Waals surface area contributed by atoms with Crippen LogP contribution in [0.25, 0.3) is 0 Å². The lowest BCUT2D eigenvalue weighted by Crippen LogP contribution is -2.32. The third-order valence-electron chi connectivity index (χ3n) is 2.62. The van der Waals surface area contributed by atoms with Gasteiger partial charge in [-0.2, -0.15) is 0 Å². The van der Waals surface area contributed by atoms with Crippen LogP contribution in [0.15, 0.2) is 18.3 Å². The molecule has 1 aromatic rings. The van der Waals surface area contributed by atoms with Crippen molar-refractivity contribution in [1.82, 2.24) is 9.88 Å². The van der Waals surface area contributed by atoms with Crippen molar-refractivity contribution >= 4 is 11.7 Å². The summed E-state index contributed by atoms with van der Waals surface area (Å²) in [4.78, 5) is 18.1. The Morgan fingerprint density at radius 3 is 2.89 bits per heavy atom. The minimum Gasteiger partial charge on any atom is -0.396 e. The number of carbonyl (C=O) groups is 1. The molecule has 1 rings (SSSR count). The third-order valence-corrected chi connectivity index (χ3v) is 2.62. The van der Waals surface area contributed by atoms with Gasteiger partial charge in [0.05, 0.1) is 0 Å². The fourth-order valence-corrected chi connectivity index (χ4v) is 1.69. The molecule has 0 fully saturated rings. The summed E-state index contributed by atoms with van der Waals surface area (Å²) in [6.07, 6.45) is 2.23. The van der Waals surface area contributed by atoms with Gasteiger partial charge in [-0.05, 0) is 32.4 Å². The lowest BCUT2D eigenvalue weighted by molar-refractivity contribution is 0.0754. The molecule has 0 saturated carbocycles. The van der Waals surface area contributed by atoms with E-state index in [1.54, 1.807) is 23.2 Å². The molecule has 0 saturated heterocycles. The van der Waals surface area contributed by atoms with Crippen molar-refractivity contribution < 1.29 is 9.90 Å². The number of carbonyl (C=O) groups excluding carboxylic acids is 1. The summed E-state index contributed by atoms with van der Waals surface area (Å²) in [5.41, 5.74) is 0.626. The summed E-state index contributed by atoms with van der Waals surface area (Å²) < 4.78 is 0. The van der Waals surface area contributed by atoms with Crippen LogP contribution in [0.4, 0.5) is 5.82 Å². The molecule has 100 valence electrons. The molecule has 5 nitrogen and oxygen atoms in total. The van der Waals surface area contributed by atoms with Crippen molar-refractivity contribution in [3.63, 3.8) is 0 Å². The minimum absolute atomic E-state index is 0.0208. The highest BCUT2D eigenvalue weighted by Gasteiger charge is 2.14. The smallest absolute Gasteiger partial charge is 0.254 e. The SMILES string of the molecule is CCNc1cc(C(=O)N(CC)CCCO)ccn1. The Labute approximate surface area is 108 Å². The van der Waals surface area contributed by atoms with Gasteiger partial charge >= 0.3 is 0 Å². The van der Waals surface area contributed by atoms with Crippen molar-refractivity contribution in [3.05, 3.63) is 23.9 Å². The van der Waals surface area contributed by atoms with Crippen LogP contribution in [0.2, 0.25) is 0 Å². The highest BCUT2D eigenvalue weighted by Crippen LogP contribution is 2.10. The molecule has 1 heterocycles. The molecule has 0 atom stereocenters. The predicted molar refractivity (Wildman–Crippen MR) is 71.7 cm³/mol. The van der Waals surface area contributed by atoms with Crippen LogP contribution in [0.5, 0.6) is 0 Å². The molecule has 2 N–H and O–H groups in total. The standard InChI is InChI=1S/C13H21N3O2/c1-3-14-12-10-11(6-7-15-12)13(18)16(4-2)8-5-9-17/h6-7,10,17H,3-5,8-9H2,1-2H3,(H,14,15). The number of aliphatic hydroxyl groups is 1. The quantitative estimate of drug-likeness (QED) is 0.768. The Hall–Kier alpha value is -1.62. The number of pyridine rings is 1. The first-order valence-corrected chi connectivity index (χ1v) is 6.33. The highest BCUT2D eigenvalue weighted by atomic mass is 16.3. The van der Waals surface area contributed by atoms with E-state index in [1.165, 1.54) is 0 Å². The molecule has 0 aromatic carbocycles. The molecule has 1 aromatic heterocycles. The molecule has 5 heteroatoms. The summed E-state index contributed by atoms with van der Waals surface area (Å²) in [5, 5.41) is 11.9. The van der Waals surface area contributed by atoms with E-state index in [0.717, 1.165) is 6.54 Å².